The first-order valence-corrected chi connectivity index (χ1v) is 17.2. The van der Waals surface area contributed by atoms with Gasteiger partial charge in [0.25, 0.3) is 0 Å². The molecule has 45 heavy (non-hydrogen) atoms. The van der Waals surface area contributed by atoms with Crippen LogP contribution in [0, 0.1) is 0 Å². The Bertz CT molecular complexity index is 795. The molecule has 0 radical (unpaired) electrons. The molecule has 0 rings (SSSR count). The lowest BCUT2D eigenvalue weighted by Gasteiger charge is -2.14. The van der Waals surface area contributed by atoms with E-state index in [4.69, 9.17) is 14.6 Å². The fourth-order valence-electron chi connectivity index (χ4n) is 4.82. The summed E-state index contributed by atoms with van der Waals surface area (Å²) in [5, 5.41) is 25.9. The second-order valence-electron chi connectivity index (χ2n) is 11.5. The summed E-state index contributed by atoms with van der Waals surface area (Å²) in [6, 6.07) is -1.10. The topological polar surface area (TPSA) is 180 Å². The van der Waals surface area contributed by atoms with Crippen LogP contribution in [0.4, 0.5) is 0 Å². The number of likely N-dealkylation sites (N-methyl/N-ethyl adjacent to an activating group) is 1. The van der Waals surface area contributed by atoms with Crippen molar-refractivity contribution in [1.29, 1.82) is 0 Å². The summed E-state index contributed by atoms with van der Waals surface area (Å²) in [6.45, 7) is 3.41. The number of ether oxygens (including phenoxy) is 2. The van der Waals surface area contributed by atoms with Crippen molar-refractivity contribution < 1.29 is 43.7 Å². The van der Waals surface area contributed by atoms with Gasteiger partial charge >= 0.3 is 11.9 Å². The minimum Gasteiger partial charge on any atom is -0.481 e. The molecule has 0 bridgehead atoms. The van der Waals surface area contributed by atoms with E-state index in [-0.39, 0.29) is 70.0 Å². The molecular formula is C33H61N3O9. The number of carbonyl (C=O) groups excluding carboxylic acids is 3. The molecule has 0 heterocycles. The van der Waals surface area contributed by atoms with E-state index in [1.165, 1.54) is 57.8 Å². The lowest BCUT2D eigenvalue weighted by atomic mass is 10.0. The van der Waals surface area contributed by atoms with Crippen molar-refractivity contribution in [3.05, 3.63) is 0 Å². The average molecular weight is 644 g/mol. The third-order valence-corrected chi connectivity index (χ3v) is 7.39. The Labute approximate surface area is 270 Å². The number of hydrogen-bond donors (Lipinski definition) is 5. The molecule has 262 valence electrons. The molecule has 0 saturated heterocycles. The third-order valence-electron chi connectivity index (χ3n) is 7.39. The molecule has 0 aliphatic carbocycles. The molecule has 3 amide bonds. The molecular weight excluding hydrogens is 582 g/mol. The van der Waals surface area contributed by atoms with Gasteiger partial charge in [-0.3, -0.25) is 19.2 Å². The maximum absolute atomic E-state index is 12.2. The number of aliphatic carboxylic acids is 2. The van der Waals surface area contributed by atoms with E-state index in [0.29, 0.717) is 13.0 Å². The maximum Gasteiger partial charge on any atom is 0.326 e. The maximum atomic E-state index is 12.2. The van der Waals surface area contributed by atoms with Crippen molar-refractivity contribution in [3.63, 3.8) is 0 Å². The molecule has 0 aliphatic rings. The summed E-state index contributed by atoms with van der Waals surface area (Å²) < 4.78 is 10.5. The first-order chi connectivity index (χ1) is 21.8. The minimum atomic E-state index is -1.16. The van der Waals surface area contributed by atoms with Crippen molar-refractivity contribution in [2.75, 3.05) is 39.5 Å². The number of nitrogens with one attached hydrogen (secondary N) is 3. The van der Waals surface area contributed by atoms with E-state index < -0.39 is 18.0 Å². The monoisotopic (exact) mass is 643 g/mol. The first-order valence-electron chi connectivity index (χ1n) is 17.2. The van der Waals surface area contributed by atoms with Crippen LogP contribution in [0.1, 0.15) is 135 Å². The zero-order chi connectivity index (χ0) is 33.4. The number of amides is 3. The van der Waals surface area contributed by atoms with Crippen LogP contribution in [0.5, 0.6) is 0 Å². The Morgan fingerprint density at radius 2 is 1.04 bits per heavy atom. The van der Waals surface area contributed by atoms with E-state index >= 15 is 0 Å². The first kappa shape index (κ1) is 42.3. The van der Waals surface area contributed by atoms with Crippen molar-refractivity contribution in [2.24, 2.45) is 0 Å². The van der Waals surface area contributed by atoms with Gasteiger partial charge in [-0.05, 0) is 26.2 Å². The molecule has 0 spiro atoms. The summed E-state index contributed by atoms with van der Waals surface area (Å²) in [7, 11) is 0. The van der Waals surface area contributed by atoms with E-state index in [1.807, 2.05) is 6.92 Å². The van der Waals surface area contributed by atoms with E-state index in [0.717, 1.165) is 44.9 Å². The molecule has 5 N–H and O–H groups in total. The van der Waals surface area contributed by atoms with Gasteiger partial charge in [-0.2, -0.15) is 0 Å². The van der Waals surface area contributed by atoms with Crippen LogP contribution in [-0.2, 0) is 33.4 Å². The van der Waals surface area contributed by atoms with Gasteiger partial charge in [-0.1, -0.05) is 89.9 Å². The molecule has 0 aliphatic heterocycles. The number of hydrogen-bond acceptors (Lipinski definition) is 7. The second kappa shape index (κ2) is 31.3. The normalized spacial score (nSPS) is 11.6. The van der Waals surface area contributed by atoms with Crippen LogP contribution >= 0.6 is 0 Å². The van der Waals surface area contributed by atoms with Gasteiger partial charge in [0.2, 0.25) is 17.7 Å². The summed E-state index contributed by atoms with van der Waals surface area (Å²) in [5.74, 6) is -2.66. The lowest BCUT2D eigenvalue weighted by Crippen LogP contribution is -2.41. The Balaban J connectivity index is 3.63. The van der Waals surface area contributed by atoms with Gasteiger partial charge in [-0.15, -0.1) is 0 Å². The molecule has 0 aromatic carbocycles. The predicted molar refractivity (Wildman–Crippen MR) is 173 cm³/mol. The van der Waals surface area contributed by atoms with Crippen LogP contribution in [0.3, 0.4) is 0 Å². The fourth-order valence-corrected chi connectivity index (χ4v) is 4.82. The van der Waals surface area contributed by atoms with Gasteiger partial charge in [0.1, 0.15) is 12.6 Å². The largest absolute Gasteiger partial charge is 0.481 e. The Kier molecular flexibility index (Phi) is 29.4. The van der Waals surface area contributed by atoms with Crippen molar-refractivity contribution in [1.82, 2.24) is 16.0 Å². The molecule has 0 fully saturated rings. The summed E-state index contributed by atoms with van der Waals surface area (Å²) in [6.07, 6.45) is 18.6. The second-order valence-corrected chi connectivity index (χ2v) is 11.5. The van der Waals surface area contributed by atoms with Crippen LogP contribution in [0.2, 0.25) is 0 Å². The van der Waals surface area contributed by atoms with Crippen LogP contribution in [-0.4, -0.2) is 85.4 Å². The number of carboxylic acids is 2. The number of carbonyl (C=O) groups is 5. The van der Waals surface area contributed by atoms with Gasteiger partial charge in [0.05, 0.1) is 19.8 Å². The van der Waals surface area contributed by atoms with Gasteiger partial charge in [-0.25, -0.2) is 4.79 Å². The predicted octanol–water partition coefficient (Wildman–Crippen LogP) is 4.73. The fraction of sp³-hybridized carbons (Fsp3) is 0.848. The van der Waals surface area contributed by atoms with Gasteiger partial charge in [0.15, 0.2) is 0 Å². The molecule has 12 nitrogen and oxygen atoms in total. The average Bonchev–Trinajstić information content (AvgIpc) is 2.99. The third kappa shape index (κ3) is 31.1. The van der Waals surface area contributed by atoms with Crippen molar-refractivity contribution >= 4 is 29.7 Å². The van der Waals surface area contributed by atoms with Crippen molar-refractivity contribution in [3.8, 4) is 0 Å². The molecule has 1 atom stereocenters. The standard InChI is InChI=1S/C33H61N3O9/c1-2-34-31(39)27-45-26-25-44-24-23-35-29(37)22-21-28(33(42)43)36-30(38)19-17-15-13-11-9-7-5-3-4-6-8-10-12-14-16-18-20-32(40)41/h28H,2-27H2,1H3,(H,34,39)(H,35,37)(H,36,38)(H,40,41)(H,42,43)/t28-/m0/s1. The smallest absolute Gasteiger partial charge is 0.326 e. The summed E-state index contributed by atoms with van der Waals surface area (Å²) in [4.78, 5) is 57.5. The number of unbranched alkanes of at least 4 members (excludes halogenated alkanes) is 15. The number of rotatable bonds is 33. The highest BCUT2D eigenvalue weighted by atomic mass is 16.5. The van der Waals surface area contributed by atoms with Crippen LogP contribution in [0.25, 0.3) is 0 Å². The van der Waals surface area contributed by atoms with Gasteiger partial charge < -0.3 is 35.6 Å². The van der Waals surface area contributed by atoms with Crippen LogP contribution < -0.4 is 16.0 Å². The van der Waals surface area contributed by atoms with E-state index in [1.54, 1.807) is 0 Å². The van der Waals surface area contributed by atoms with Crippen LogP contribution in [0.15, 0.2) is 0 Å². The molecule has 12 heteroatoms. The zero-order valence-electron chi connectivity index (χ0n) is 27.7. The quantitative estimate of drug-likeness (QED) is 0.0632. The lowest BCUT2D eigenvalue weighted by molar-refractivity contribution is -0.142. The van der Waals surface area contributed by atoms with Crippen molar-refractivity contribution in [2.45, 2.75) is 141 Å². The number of carboxylic acid groups (broad SMARTS) is 2. The Hall–Kier alpha value is -2.73. The Morgan fingerprint density at radius 3 is 1.53 bits per heavy atom. The molecule has 0 aromatic rings. The summed E-state index contributed by atoms with van der Waals surface area (Å²) >= 11 is 0. The highest BCUT2D eigenvalue weighted by molar-refractivity contribution is 5.84. The van der Waals surface area contributed by atoms with E-state index in [2.05, 4.69) is 16.0 Å². The Morgan fingerprint density at radius 1 is 0.556 bits per heavy atom. The summed E-state index contributed by atoms with van der Waals surface area (Å²) in [5.41, 5.74) is 0. The zero-order valence-corrected chi connectivity index (χ0v) is 27.7. The molecule has 0 saturated carbocycles. The van der Waals surface area contributed by atoms with Gasteiger partial charge in [0, 0.05) is 32.4 Å². The highest BCUT2D eigenvalue weighted by Gasteiger charge is 2.20. The molecule has 0 unspecified atom stereocenters. The minimum absolute atomic E-state index is 0.0115. The van der Waals surface area contributed by atoms with E-state index in [9.17, 15) is 29.1 Å². The molecule has 0 aromatic heterocycles. The highest BCUT2D eigenvalue weighted by Crippen LogP contribution is 2.14. The SMILES string of the molecule is CCNC(=O)COCCOCCNC(=O)CC[C@H](NC(=O)CCCCCCCCCCCCCCCCCCC(=O)O)C(=O)O.